The summed E-state index contributed by atoms with van der Waals surface area (Å²) in [6.45, 7) is 27.6. The summed E-state index contributed by atoms with van der Waals surface area (Å²) in [6.07, 6.45) is 8.89. The number of ether oxygens (including phenoxy) is 2. The summed E-state index contributed by atoms with van der Waals surface area (Å²) in [7, 11) is 0. The molecule has 6 aliphatic carbocycles. The monoisotopic (exact) mass is 811 g/mol. The number of nitrogens with one attached hydrogen (secondary N) is 1. The van der Waals surface area contributed by atoms with E-state index in [4.69, 9.17) is 9.47 Å². The molecule has 0 bridgehead atoms. The molecule has 0 spiro atoms. The van der Waals surface area contributed by atoms with Crippen molar-refractivity contribution in [3.8, 4) is 0 Å². The van der Waals surface area contributed by atoms with Crippen molar-refractivity contribution < 1.29 is 38.9 Å². The van der Waals surface area contributed by atoms with Gasteiger partial charge < -0.3 is 25.0 Å². The Hall–Kier alpha value is -2.46. The highest BCUT2D eigenvalue weighted by atomic mass is 16.6. The van der Waals surface area contributed by atoms with Gasteiger partial charge in [0.25, 0.3) is 0 Å². The number of rotatable bonds is 13. The molecule has 0 aromatic carbocycles. The van der Waals surface area contributed by atoms with E-state index in [1.54, 1.807) is 13.8 Å². The van der Waals surface area contributed by atoms with Gasteiger partial charge in [-0.05, 0) is 150 Å². The molecule has 6 rings (SSSR count). The molecule has 1 unspecified atom stereocenters. The average Bonchev–Trinajstić information content (AvgIpc) is 3.84. The first-order valence-electron chi connectivity index (χ1n) is 22.8. The minimum Gasteiger partial charge on any atom is -0.481 e. The summed E-state index contributed by atoms with van der Waals surface area (Å²) in [6, 6.07) is 0. The van der Waals surface area contributed by atoms with E-state index in [2.05, 4.69) is 58.7 Å². The second-order valence-electron chi connectivity index (χ2n) is 23.2. The van der Waals surface area contributed by atoms with Crippen LogP contribution in [0.1, 0.15) is 160 Å². The van der Waals surface area contributed by atoms with Gasteiger partial charge in [-0.25, -0.2) is 4.79 Å². The Balaban J connectivity index is 1.24. The largest absolute Gasteiger partial charge is 0.481 e. The predicted molar refractivity (Wildman–Crippen MR) is 225 cm³/mol. The number of aliphatic carboxylic acids is 1. The molecular weight excluding hydrogens is 733 g/mol. The lowest BCUT2D eigenvalue weighted by molar-refractivity contribution is -0.235. The van der Waals surface area contributed by atoms with Crippen LogP contribution in [-0.2, 0) is 23.9 Å². The summed E-state index contributed by atoms with van der Waals surface area (Å²) >= 11 is 0. The number of carboxylic acids is 1. The first kappa shape index (κ1) is 45.1. The summed E-state index contributed by atoms with van der Waals surface area (Å²) in [5.74, 6) is 0.516. The molecule has 328 valence electrons. The maximum absolute atomic E-state index is 14.3. The zero-order valence-electron chi connectivity index (χ0n) is 38.1. The highest BCUT2D eigenvalue weighted by molar-refractivity contribution is 6.00. The molecule has 0 aliphatic heterocycles. The molecule has 6 aliphatic rings. The van der Waals surface area contributed by atoms with Crippen molar-refractivity contribution in [2.75, 3.05) is 26.2 Å². The van der Waals surface area contributed by atoms with Gasteiger partial charge in [0.05, 0.1) is 17.9 Å². The van der Waals surface area contributed by atoms with Crippen LogP contribution in [0.4, 0.5) is 4.79 Å². The number of esters is 1. The molecule has 1 amide bonds. The first-order chi connectivity index (χ1) is 26.7. The zero-order valence-corrected chi connectivity index (χ0v) is 38.1. The zero-order chi connectivity index (χ0) is 43.0. The molecule has 0 heterocycles. The number of carboxylic acid groups (broad SMARTS) is 1. The highest BCUT2D eigenvalue weighted by Crippen LogP contribution is 2.77. The number of hydrogen-bond acceptors (Lipinski definition) is 8. The van der Waals surface area contributed by atoms with Crippen LogP contribution in [-0.4, -0.2) is 82.9 Å². The van der Waals surface area contributed by atoms with Gasteiger partial charge in [0.2, 0.25) is 0 Å². The number of allylic oxidation sites excluding steroid dienone is 1. The van der Waals surface area contributed by atoms with Crippen LogP contribution < -0.4 is 5.32 Å². The molecule has 9 atom stereocenters. The molecule has 0 aromatic heterocycles. The van der Waals surface area contributed by atoms with Gasteiger partial charge >= 0.3 is 18.0 Å². The Morgan fingerprint density at radius 2 is 1.55 bits per heavy atom. The fourth-order valence-electron chi connectivity index (χ4n) is 13.9. The molecule has 5 fully saturated rings. The maximum Gasteiger partial charge on any atom is 0.407 e. The number of hydrogen-bond donors (Lipinski definition) is 3. The number of fused-ring (bicyclic) bond motifs is 7. The lowest BCUT2D eigenvalue weighted by Crippen LogP contribution is -2.66. The Morgan fingerprint density at radius 3 is 2.16 bits per heavy atom. The number of ketones is 1. The van der Waals surface area contributed by atoms with Crippen LogP contribution in [0.25, 0.3) is 0 Å². The van der Waals surface area contributed by atoms with Crippen LogP contribution in [0.3, 0.4) is 0 Å². The number of aliphatic hydroxyl groups is 1. The number of aliphatic hydroxyl groups excluding tert-OH is 1. The number of nitrogens with zero attached hydrogens (tertiary/aromatic N) is 1. The summed E-state index contributed by atoms with van der Waals surface area (Å²) in [5, 5.41) is 25.2. The Kier molecular flexibility index (Phi) is 12.0. The van der Waals surface area contributed by atoms with Gasteiger partial charge in [0, 0.05) is 43.4 Å². The van der Waals surface area contributed by atoms with Gasteiger partial charge in [0.1, 0.15) is 11.7 Å². The molecule has 58 heavy (non-hydrogen) atoms. The molecule has 0 radical (unpaired) electrons. The predicted octanol–water partition coefficient (Wildman–Crippen LogP) is 8.98. The molecule has 0 saturated heterocycles. The van der Waals surface area contributed by atoms with Crippen molar-refractivity contribution >= 4 is 23.8 Å². The van der Waals surface area contributed by atoms with Gasteiger partial charge in [-0.15, -0.1) is 0 Å². The molecule has 10 heteroatoms. The van der Waals surface area contributed by atoms with Crippen molar-refractivity contribution in [1.82, 2.24) is 10.2 Å². The quantitative estimate of drug-likeness (QED) is 0.155. The van der Waals surface area contributed by atoms with E-state index in [1.807, 2.05) is 20.8 Å². The summed E-state index contributed by atoms with van der Waals surface area (Å²) in [4.78, 5) is 54.0. The van der Waals surface area contributed by atoms with E-state index >= 15 is 0 Å². The SMILES string of the molecule is CC(C)C1=C2[C@H]3CC[C@H]4C(C)(CC[C@H]5C(C)(C)[C@@H](OC(=O)CC(C)(C)C(=O)O)CC[C@@]54C)[C@]3(C)CC[C@@]2([C@@H](O)CN(CCNC(=O)OC(C)(C)C)CC2CC2)CC1=O. The minimum absolute atomic E-state index is 0.0233. The van der Waals surface area contributed by atoms with Crippen LogP contribution in [0, 0.1) is 62.1 Å². The first-order valence-corrected chi connectivity index (χ1v) is 22.8. The van der Waals surface area contributed by atoms with Gasteiger partial charge in [-0.2, -0.15) is 0 Å². The number of carbonyl (C=O) groups excluding carboxylic acids is 3. The average molecular weight is 811 g/mol. The van der Waals surface area contributed by atoms with Crippen LogP contribution in [0.15, 0.2) is 11.1 Å². The minimum atomic E-state index is -1.18. The van der Waals surface area contributed by atoms with E-state index in [-0.39, 0.29) is 51.8 Å². The van der Waals surface area contributed by atoms with Crippen molar-refractivity contribution in [2.24, 2.45) is 62.1 Å². The third-order valence-electron chi connectivity index (χ3n) is 17.2. The fraction of sp³-hybridized carbons (Fsp3) is 0.875. The number of alkyl carbamates (subject to hydrolysis) is 1. The van der Waals surface area contributed by atoms with Gasteiger partial charge in [-0.1, -0.05) is 54.0 Å². The van der Waals surface area contributed by atoms with Crippen molar-refractivity contribution in [2.45, 2.75) is 178 Å². The number of Topliss-reactive ketones (excluding diaryl/α,β-unsaturated/α-hetero) is 1. The summed E-state index contributed by atoms with van der Waals surface area (Å²) in [5.41, 5.74) is -0.317. The Morgan fingerprint density at radius 1 is 0.879 bits per heavy atom. The van der Waals surface area contributed by atoms with E-state index in [0.717, 1.165) is 63.5 Å². The van der Waals surface area contributed by atoms with Crippen LogP contribution in [0.5, 0.6) is 0 Å². The maximum atomic E-state index is 14.3. The van der Waals surface area contributed by atoms with Crippen molar-refractivity contribution in [3.05, 3.63) is 11.1 Å². The van der Waals surface area contributed by atoms with E-state index in [9.17, 15) is 29.4 Å². The molecule has 3 N–H and O–H groups in total. The van der Waals surface area contributed by atoms with Gasteiger partial charge in [-0.3, -0.25) is 19.3 Å². The molecular formula is C48H78N2O8. The van der Waals surface area contributed by atoms with Crippen molar-refractivity contribution in [1.29, 1.82) is 0 Å². The highest BCUT2D eigenvalue weighted by Gasteiger charge is 2.71. The van der Waals surface area contributed by atoms with E-state index in [0.29, 0.717) is 43.8 Å². The van der Waals surface area contributed by atoms with Crippen LogP contribution in [0.2, 0.25) is 0 Å². The Labute approximate surface area is 349 Å². The van der Waals surface area contributed by atoms with E-state index in [1.165, 1.54) is 18.4 Å². The fourth-order valence-corrected chi connectivity index (χ4v) is 13.9. The topological polar surface area (TPSA) is 142 Å². The lowest BCUT2D eigenvalue weighted by atomic mass is 9.33. The van der Waals surface area contributed by atoms with Gasteiger partial charge in [0.15, 0.2) is 5.78 Å². The van der Waals surface area contributed by atoms with E-state index < -0.39 is 40.6 Å². The molecule has 5 saturated carbocycles. The third kappa shape index (κ3) is 7.93. The molecule has 10 nitrogen and oxygen atoms in total. The smallest absolute Gasteiger partial charge is 0.407 e. The number of amides is 1. The standard InChI is InChI=1S/C48H78N2O8/c1-29(2)38-32(51)25-48(35(52)28-50(27-30-13-14-30)24-23-49-41(56)58-42(3,4)5)22-21-46(11)31(39(38)48)15-16-34-45(10)19-18-36(57-37(53)26-43(6,7)40(54)55)44(8,9)33(45)17-20-47(34,46)12/h29-31,33-36,52H,13-28H2,1-12H3,(H,49,56)(H,54,55)/t31-,33+,34-,35+,36+,45+,46-,47?,48+/m1/s1. The number of carbonyl (C=O) groups is 4. The molecule has 0 aromatic rings. The second kappa shape index (κ2) is 15.5. The third-order valence-corrected chi connectivity index (χ3v) is 17.2. The van der Waals surface area contributed by atoms with Crippen molar-refractivity contribution in [3.63, 3.8) is 0 Å². The second-order valence-corrected chi connectivity index (χ2v) is 23.2. The lowest BCUT2D eigenvalue weighted by Gasteiger charge is -2.72. The van der Waals surface area contributed by atoms with Crippen LogP contribution >= 0.6 is 0 Å². The normalized spacial score (nSPS) is 36.4. The Bertz CT molecular complexity index is 1660. The summed E-state index contributed by atoms with van der Waals surface area (Å²) < 4.78 is 11.7.